The average molecular weight is 447 g/mol. The summed E-state index contributed by atoms with van der Waals surface area (Å²) in [5.74, 6) is 0.912. The lowest BCUT2D eigenvalue weighted by atomic mass is 10.2. The Hall–Kier alpha value is -3.91. The topological polar surface area (TPSA) is 84.2 Å². The molecule has 2 heterocycles. The van der Waals surface area contributed by atoms with E-state index in [0.29, 0.717) is 22.4 Å². The molecule has 0 radical (unpaired) electrons. The Morgan fingerprint density at radius 3 is 2.47 bits per heavy atom. The number of pyridine rings is 1. The Morgan fingerprint density at radius 1 is 0.906 bits per heavy atom. The highest BCUT2D eigenvalue weighted by Crippen LogP contribution is 2.30. The Labute approximate surface area is 183 Å². The lowest BCUT2D eigenvalue weighted by Crippen LogP contribution is -2.13. The van der Waals surface area contributed by atoms with Crippen molar-refractivity contribution in [3.63, 3.8) is 0 Å². The van der Waals surface area contributed by atoms with E-state index in [4.69, 9.17) is 4.42 Å². The molecule has 0 spiro atoms. The van der Waals surface area contributed by atoms with Crippen LogP contribution >= 0.6 is 0 Å². The fraction of sp³-hybridized carbons (Fsp3) is 0.0417. The third kappa shape index (κ3) is 3.76. The number of para-hydroxylation sites is 1. The van der Waals surface area contributed by atoms with Crippen LogP contribution in [0, 0.1) is 12.7 Å². The van der Waals surface area contributed by atoms with Crippen molar-refractivity contribution in [1.82, 2.24) is 4.98 Å². The van der Waals surface area contributed by atoms with Crippen LogP contribution in [0.5, 0.6) is 0 Å². The molecular formula is C24H18FN3O3S. The van der Waals surface area contributed by atoms with Crippen molar-refractivity contribution in [3.8, 4) is 0 Å². The first-order valence-electron chi connectivity index (χ1n) is 9.83. The molecule has 6 nitrogen and oxygen atoms in total. The van der Waals surface area contributed by atoms with Crippen molar-refractivity contribution in [3.05, 3.63) is 90.4 Å². The zero-order valence-corrected chi connectivity index (χ0v) is 17.8. The van der Waals surface area contributed by atoms with E-state index in [1.165, 1.54) is 12.1 Å². The van der Waals surface area contributed by atoms with E-state index in [0.717, 1.165) is 34.5 Å². The predicted molar refractivity (Wildman–Crippen MR) is 123 cm³/mol. The molecule has 0 saturated carbocycles. The van der Waals surface area contributed by atoms with E-state index in [2.05, 4.69) is 15.0 Å². The van der Waals surface area contributed by atoms with Crippen molar-refractivity contribution >= 4 is 49.1 Å². The average Bonchev–Trinajstić information content (AvgIpc) is 3.15. The predicted octanol–water partition coefficient (Wildman–Crippen LogP) is 5.97. The van der Waals surface area contributed by atoms with Crippen LogP contribution in [0.2, 0.25) is 0 Å². The highest BCUT2D eigenvalue weighted by atomic mass is 32.2. The van der Waals surface area contributed by atoms with E-state index in [9.17, 15) is 12.8 Å². The molecule has 0 amide bonds. The van der Waals surface area contributed by atoms with Crippen molar-refractivity contribution in [2.75, 3.05) is 10.0 Å². The van der Waals surface area contributed by atoms with Gasteiger partial charge in [-0.05, 0) is 67.6 Å². The molecule has 5 rings (SSSR count). The number of sulfonamides is 1. The van der Waals surface area contributed by atoms with Crippen LogP contribution in [-0.2, 0) is 10.0 Å². The quantitative estimate of drug-likeness (QED) is 0.347. The van der Waals surface area contributed by atoms with Gasteiger partial charge >= 0.3 is 0 Å². The molecule has 0 aliphatic heterocycles. The van der Waals surface area contributed by atoms with Crippen LogP contribution in [-0.4, -0.2) is 13.4 Å². The summed E-state index contributed by atoms with van der Waals surface area (Å²) in [5, 5.41) is 4.90. The smallest absolute Gasteiger partial charge is 0.261 e. The zero-order valence-electron chi connectivity index (χ0n) is 17.0. The minimum atomic E-state index is -3.87. The second-order valence-corrected chi connectivity index (χ2v) is 9.02. The van der Waals surface area contributed by atoms with Crippen LogP contribution in [0.15, 0.2) is 88.2 Å². The summed E-state index contributed by atoms with van der Waals surface area (Å²) >= 11 is 0. The molecule has 0 fully saturated rings. The van der Waals surface area contributed by atoms with Gasteiger partial charge in [0.25, 0.3) is 10.0 Å². The summed E-state index contributed by atoms with van der Waals surface area (Å²) in [6.07, 6.45) is 0. The second-order valence-electron chi connectivity index (χ2n) is 7.33. The van der Waals surface area contributed by atoms with E-state index in [-0.39, 0.29) is 4.90 Å². The van der Waals surface area contributed by atoms with Crippen LogP contribution in [0.25, 0.3) is 21.9 Å². The number of hydrogen-bond donors (Lipinski definition) is 2. The first-order chi connectivity index (χ1) is 15.4. The standard InChI is InChI=1S/C24H18FN3O3S/c1-15-14-16-4-2-7-22(24(16)31-15)27-23-13-12-19-20(26-23)5-3-6-21(19)28-32(29,30)18-10-8-17(25)9-11-18/h2-14,28H,1H3,(H,26,27). The first kappa shape index (κ1) is 20.0. The normalized spacial score (nSPS) is 11.7. The van der Waals surface area contributed by atoms with Gasteiger partial charge in [-0.25, -0.2) is 17.8 Å². The van der Waals surface area contributed by atoms with Crippen LogP contribution < -0.4 is 10.0 Å². The molecule has 8 heteroatoms. The number of hydrogen-bond acceptors (Lipinski definition) is 5. The molecule has 0 bridgehead atoms. The highest BCUT2D eigenvalue weighted by molar-refractivity contribution is 7.92. The van der Waals surface area contributed by atoms with Gasteiger partial charge in [0.15, 0.2) is 5.58 Å². The van der Waals surface area contributed by atoms with E-state index >= 15 is 0 Å². The van der Waals surface area contributed by atoms with Gasteiger partial charge in [0.05, 0.1) is 21.8 Å². The molecule has 0 aliphatic rings. The van der Waals surface area contributed by atoms with Crippen molar-refractivity contribution in [2.45, 2.75) is 11.8 Å². The summed E-state index contributed by atoms with van der Waals surface area (Å²) in [7, 11) is -3.87. The van der Waals surface area contributed by atoms with Crippen molar-refractivity contribution in [2.24, 2.45) is 0 Å². The molecular weight excluding hydrogens is 429 g/mol. The Bertz CT molecular complexity index is 1560. The van der Waals surface area contributed by atoms with E-state index in [1.54, 1.807) is 30.3 Å². The van der Waals surface area contributed by atoms with Gasteiger partial charge in [-0.3, -0.25) is 4.72 Å². The second kappa shape index (κ2) is 7.65. The van der Waals surface area contributed by atoms with Gasteiger partial charge in [0, 0.05) is 10.8 Å². The van der Waals surface area contributed by atoms with Crippen LogP contribution in [0.1, 0.15) is 5.76 Å². The minimum absolute atomic E-state index is 0.0241. The van der Waals surface area contributed by atoms with Crippen LogP contribution in [0.4, 0.5) is 21.6 Å². The van der Waals surface area contributed by atoms with Crippen molar-refractivity contribution in [1.29, 1.82) is 0 Å². The molecule has 160 valence electrons. The maximum atomic E-state index is 13.2. The highest BCUT2D eigenvalue weighted by Gasteiger charge is 2.16. The molecule has 0 aliphatic carbocycles. The van der Waals surface area contributed by atoms with Crippen molar-refractivity contribution < 1.29 is 17.2 Å². The Balaban J connectivity index is 1.48. The minimum Gasteiger partial charge on any atom is -0.459 e. The molecule has 5 aromatic rings. The molecule has 0 atom stereocenters. The fourth-order valence-electron chi connectivity index (χ4n) is 3.56. The number of nitrogens with one attached hydrogen (secondary N) is 2. The first-order valence-corrected chi connectivity index (χ1v) is 11.3. The number of anilines is 3. The molecule has 0 unspecified atom stereocenters. The molecule has 2 aromatic heterocycles. The summed E-state index contributed by atoms with van der Waals surface area (Å²) < 4.78 is 46.9. The van der Waals surface area contributed by atoms with Gasteiger partial charge in [0.2, 0.25) is 0 Å². The van der Waals surface area contributed by atoms with Gasteiger partial charge in [-0.2, -0.15) is 0 Å². The van der Waals surface area contributed by atoms with Gasteiger partial charge in [0.1, 0.15) is 17.4 Å². The largest absolute Gasteiger partial charge is 0.459 e. The molecule has 2 N–H and O–H groups in total. The maximum Gasteiger partial charge on any atom is 0.261 e. The Kier molecular flexibility index (Phi) is 4.79. The number of furan rings is 1. The lowest BCUT2D eigenvalue weighted by molar-refractivity contribution is 0.579. The summed E-state index contributed by atoms with van der Waals surface area (Å²) in [4.78, 5) is 4.60. The zero-order chi connectivity index (χ0) is 22.3. The van der Waals surface area contributed by atoms with Gasteiger partial charge < -0.3 is 9.73 Å². The lowest BCUT2D eigenvalue weighted by Gasteiger charge is -2.12. The third-order valence-corrected chi connectivity index (χ3v) is 6.41. The summed E-state index contributed by atoms with van der Waals surface area (Å²) in [6.45, 7) is 1.90. The third-order valence-electron chi connectivity index (χ3n) is 5.03. The molecule has 3 aromatic carbocycles. The number of rotatable bonds is 5. The fourth-order valence-corrected chi connectivity index (χ4v) is 4.64. The molecule has 0 saturated heterocycles. The monoisotopic (exact) mass is 447 g/mol. The van der Waals surface area contributed by atoms with Gasteiger partial charge in [-0.1, -0.05) is 18.2 Å². The summed E-state index contributed by atoms with van der Waals surface area (Å²) in [6, 6.07) is 21.2. The number of nitrogens with zero attached hydrogens (tertiary/aromatic N) is 1. The maximum absolute atomic E-state index is 13.2. The van der Waals surface area contributed by atoms with E-state index in [1.807, 2.05) is 31.2 Å². The number of fused-ring (bicyclic) bond motifs is 2. The van der Waals surface area contributed by atoms with Gasteiger partial charge in [-0.15, -0.1) is 0 Å². The Morgan fingerprint density at radius 2 is 1.66 bits per heavy atom. The number of benzene rings is 3. The SMILES string of the molecule is Cc1cc2cccc(Nc3ccc4c(NS(=O)(=O)c5ccc(F)cc5)cccc4n3)c2o1. The number of halogens is 1. The molecule has 32 heavy (non-hydrogen) atoms. The number of aryl methyl sites for hydroxylation is 1. The van der Waals surface area contributed by atoms with E-state index < -0.39 is 15.8 Å². The summed E-state index contributed by atoms with van der Waals surface area (Å²) in [5.41, 5.74) is 2.52. The number of aromatic nitrogens is 1. The van der Waals surface area contributed by atoms with Crippen LogP contribution in [0.3, 0.4) is 0 Å².